The van der Waals surface area contributed by atoms with Gasteiger partial charge in [0.05, 0.1) is 32.0 Å². The summed E-state index contributed by atoms with van der Waals surface area (Å²) in [6, 6.07) is -0.915. The summed E-state index contributed by atoms with van der Waals surface area (Å²) in [5.41, 5.74) is 0. The summed E-state index contributed by atoms with van der Waals surface area (Å²) >= 11 is 0. The van der Waals surface area contributed by atoms with E-state index in [2.05, 4.69) is 43.5 Å². The third kappa shape index (κ3) is 22.6. The fourth-order valence-corrected chi connectivity index (χ4v) is 7.61. The van der Waals surface area contributed by atoms with Gasteiger partial charge in [-0.05, 0) is 51.4 Å². The quantitative estimate of drug-likeness (QED) is 0.0297. The van der Waals surface area contributed by atoms with E-state index >= 15 is 0 Å². The molecule has 0 radical (unpaired) electrons. The number of rotatable bonds is 35. The van der Waals surface area contributed by atoms with Crippen LogP contribution >= 0.6 is 0 Å². The largest absolute Gasteiger partial charge is 0.394 e. The SMILES string of the molecule is CCCCC/C=C\C/C=C\CCCCCCCCCC(=O)NC(COC1OC(CO)C(OC2OC(CO)C(O)C(O)C2O)C(O)C1O)C(O)/C=C/CCCCCCCCCC. The maximum atomic E-state index is 13.1. The van der Waals surface area contributed by atoms with Crippen LogP contribution in [-0.4, -0.2) is 140 Å². The normalized spacial score (nSPS) is 28.3. The lowest BCUT2D eigenvalue weighted by atomic mass is 9.97. The van der Waals surface area contributed by atoms with Gasteiger partial charge in [-0.3, -0.25) is 4.79 Å². The van der Waals surface area contributed by atoms with Crippen molar-refractivity contribution in [3.8, 4) is 0 Å². The topological polar surface area (TPSA) is 228 Å². The smallest absolute Gasteiger partial charge is 0.220 e. The highest BCUT2D eigenvalue weighted by molar-refractivity contribution is 5.76. The number of carbonyl (C=O) groups is 1. The van der Waals surface area contributed by atoms with Gasteiger partial charge in [-0.2, -0.15) is 0 Å². The Labute approximate surface area is 366 Å². The molecule has 61 heavy (non-hydrogen) atoms. The van der Waals surface area contributed by atoms with Gasteiger partial charge in [0.1, 0.15) is 48.8 Å². The second-order valence-electron chi connectivity index (χ2n) is 16.9. The maximum absolute atomic E-state index is 13.1. The minimum atomic E-state index is -1.79. The highest BCUT2D eigenvalue weighted by Gasteiger charge is 2.50. The molecular weight excluding hydrogens is 787 g/mol. The highest BCUT2D eigenvalue weighted by Crippen LogP contribution is 2.30. The summed E-state index contributed by atoms with van der Waals surface area (Å²) in [6.07, 6.45) is 20.5. The molecule has 2 heterocycles. The molecule has 2 aliphatic heterocycles. The molecule has 0 bridgehead atoms. The van der Waals surface area contributed by atoms with Crippen LogP contribution in [0.15, 0.2) is 36.5 Å². The van der Waals surface area contributed by atoms with Crippen molar-refractivity contribution in [1.82, 2.24) is 5.32 Å². The summed E-state index contributed by atoms with van der Waals surface area (Å²) in [4.78, 5) is 13.1. The molecule has 0 saturated carbocycles. The van der Waals surface area contributed by atoms with E-state index in [1.807, 2.05) is 6.08 Å². The summed E-state index contributed by atoms with van der Waals surface area (Å²) < 4.78 is 22.6. The van der Waals surface area contributed by atoms with Crippen molar-refractivity contribution in [1.29, 1.82) is 0 Å². The van der Waals surface area contributed by atoms with Crippen molar-refractivity contribution < 1.29 is 64.6 Å². The van der Waals surface area contributed by atoms with Gasteiger partial charge in [-0.15, -0.1) is 0 Å². The Hall–Kier alpha value is -1.79. The summed E-state index contributed by atoms with van der Waals surface area (Å²) in [6.45, 7) is 2.71. The lowest BCUT2D eigenvalue weighted by molar-refractivity contribution is -0.359. The standard InChI is InChI=1S/C47H85NO13/c1-3-5-7-9-11-13-15-16-17-18-19-20-21-23-25-27-29-31-39(52)48-35(36(51)30-28-26-24-22-14-12-10-8-6-4-2)34-58-46-44(57)42(55)45(38(33-50)60-46)61-47-43(56)41(54)40(53)37(32-49)59-47/h11,13,16-17,28,30,35-38,40-47,49-51,53-57H,3-10,12,14-15,18-27,29,31-34H2,1-2H3,(H,48,52)/b13-11-,17-16-,30-28+. The van der Waals surface area contributed by atoms with E-state index in [1.165, 1.54) is 77.0 Å². The van der Waals surface area contributed by atoms with E-state index in [9.17, 15) is 45.6 Å². The van der Waals surface area contributed by atoms with Gasteiger partial charge in [0.25, 0.3) is 0 Å². The molecule has 0 aromatic carbocycles. The van der Waals surface area contributed by atoms with E-state index in [0.717, 1.165) is 57.8 Å². The predicted molar refractivity (Wildman–Crippen MR) is 235 cm³/mol. The zero-order valence-electron chi connectivity index (χ0n) is 37.4. The molecule has 2 saturated heterocycles. The van der Waals surface area contributed by atoms with Gasteiger partial charge in [-0.1, -0.05) is 140 Å². The second kappa shape index (κ2) is 34.6. The molecule has 1 amide bonds. The van der Waals surface area contributed by atoms with Gasteiger partial charge >= 0.3 is 0 Å². The number of aliphatic hydroxyl groups is 8. The Balaban J connectivity index is 1.86. The first-order valence-corrected chi connectivity index (χ1v) is 23.7. The van der Waals surface area contributed by atoms with E-state index in [4.69, 9.17) is 18.9 Å². The molecule has 2 aliphatic rings. The number of nitrogens with one attached hydrogen (secondary N) is 1. The number of unbranched alkanes of at least 4 members (excludes halogenated alkanes) is 18. The van der Waals surface area contributed by atoms with Crippen molar-refractivity contribution in [3.63, 3.8) is 0 Å². The number of allylic oxidation sites excluding steroid dienone is 5. The molecule has 356 valence electrons. The molecule has 0 aromatic rings. The molecular formula is C47H85NO13. The zero-order chi connectivity index (χ0) is 44.7. The Morgan fingerprint density at radius 1 is 0.590 bits per heavy atom. The van der Waals surface area contributed by atoms with E-state index in [0.29, 0.717) is 6.42 Å². The lowest BCUT2D eigenvalue weighted by Crippen LogP contribution is -2.65. The number of amides is 1. The van der Waals surface area contributed by atoms with Crippen LogP contribution in [0.25, 0.3) is 0 Å². The third-order valence-corrected chi connectivity index (χ3v) is 11.6. The molecule has 2 fully saturated rings. The lowest BCUT2D eigenvalue weighted by Gasteiger charge is -2.46. The number of ether oxygens (including phenoxy) is 4. The highest BCUT2D eigenvalue weighted by atomic mass is 16.7. The fourth-order valence-electron chi connectivity index (χ4n) is 7.61. The number of hydrogen-bond donors (Lipinski definition) is 9. The zero-order valence-corrected chi connectivity index (χ0v) is 37.4. The molecule has 12 atom stereocenters. The van der Waals surface area contributed by atoms with Gasteiger partial charge in [0.2, 0.25) is 5.91 Å². The molecule has 0 aromatic heterocycles. The molecule has 12 unspecified atom stereocenters. The molecule has 2 rings (SSSR count). The van der Waals surface area contributed by atoms with Crippen molar-refractivity contribution in [3.05, 3.63) is 36.5 Å². The maximum Gasteiger partial charge on any atom is 0.220 e. The first-order valence-electron chi connectivity index (χ1n) is 23.7. The number of hydrogen-bond acceptors (Lipinski definition) is 13. The van der Waals surface area contributed by atoms with Crippen LogP contribution in [0.5, 0.6) is 0 Å². The molecule has 9 N–H and O–H groups in total. The van der Waals surface area contributed by atoms with Gasteiger partial charge < -0.3 is 65.1 Å². The Kier molecular flexibility index (Phi) is 31.4. The Morgan fingerprint density at radius 2 is 1.08 bits per heavy atom. The fraction of sp³-hybridized carbons (Fsp3) is 0.851. The Morgan fingerprint density at radius 3 is 1.67 bits per heavy atom. The monoisotopic (exact) mass is 872 g/mol. The number of aliphatic hydroxyl groups excluding tert-OH is 8. The van der Waals surface area contributed by atoms with Crippen molar-refractivity contribution in [2.75, 3.05) is 19.8 Å². The van der Waals surface area contributed by atoms with Crippen molar-refractivity contribution in [2.24, 2.45) is 0 Å². The molecule has 0 aliphatic carbocycles. The predicted octanol–water partition coefficient (Wildman–Crippen LogP) is 5.15. The van der Waals surface area contributed by atoms with Gasteiger partial charge in [0.15, 0.2) is 12.6 Å². The molecule has 14 nitrogen and oxygen atoms in total. The van der Waals surface area contributed by atoms with Crippen LogP contribution in [-0.2, 0) is 23.7 Å². The van der Waals surface area contributed by atoms with Crippen molar-refractivity contribution >= 4 is 5.91 Å². The molecule has 14 heteroatoms. The van der Waals surface area contributed by atoms with Gasteiger partial charge in [0, 0.05) is 6.42 Å². The average Bonchev–Trinajstić information content (AvgIpc) is 3.26. The minimum Gasteiger partial charge on any atom is -0.394 e. The Bertz CT molecular complexity index is 1170. The van der Waals surface area contributed by atoms with Crippen LogP contribution in [0.1, 0.15) is 162 Å². The summed E-state index contributed by atoms with van der Waals surface area (Å²) in [7, 11) is 0. The van der Waals surface area contributed by atoms with Crippen molar-refractivity contribution in [2.45, 2.75) is 235 Å². The first kappa shape index (κ1) is 55.3. The van der Waals surface area contributed by atoms with Crippen LogP contribution in [0.2, 0.25) is 0 Å². The molecule has 0 spiro atoms. The van der Waals surface area contributed by atoms with E-state index in [-0.39, 0.29) is 18.9 Å². The number of carbonyl (C=O) groups excluding carboxylic acids is 1. The second-order valence-corrected chi connectivity index (χ2v) is 16.9. The van der Waals surface area contributed by atoms with Gasteiger partial charge in [-0.25, -0.2) is 0 Å². The van der Waals surface area contributed by atoms with E-state index in [1.54, 1.807) is 6.08 Å². The van der Waals surface area contributed by atoms with Crippen LogP contribution in [0, 0.1) is 0 Å². The van der Waals surface area contributed by atoms with E-state index < -0.39 is 86.8 Å². The summed E-state index contributed by atoms with van der Waals surface area (Å²) in [5.74, 6) is -0.252. The van der Waals surface area contributed by atoms with Crippen LogP contribution in [0.4, 0.5) is 0 Å². The average molecular weight is 872 g/mol. The van der Waals surface area contributed by atoms with Crippen LogP contribution < -0.4 is 5.32 Å². The minimum absolute atomic E-state index is 0.252. The third-order valence-electron chi connectivity index (χ3n) is 11.6. The van der Waals surface area contributed by atoms with Crippen LogP contribution in [0.3, 0.4) is 0 Å². The first-order chi connectivity index (χ1) is 29.6. The summed E-state index contributed by atoms with van der Waals surface area (Å²) in [5, 5.41) is 86.4.